The Morgan fingerprint density at radius 3 is 2.62 bits per heavy atom. The van der Waals surface area contributed by atoms with Crippen molar-refractivity contribution in [3.63, 3.8) is 0 Å². The van der Waals surface area contributed by atoms with E-state index in [0.717, 1.165) is 5.56 Å². The summed E-state index contributed by atoms with van der Waals surface area (Å²) in [5, 5.41) is 13.5. The molecule has 1 amide bonds. The van der Waals surface area contributed by atoms with E-state index in [1.165, 1.54) is 18.2 Å². The first kappa shape index (κ1) is 13.0. The number of rotatable bonds is 3. The molecule has 0 saturated carbocycles. The average molecular weight is 281 g/mol. The molecule has 0 radical (unpaired) electrons. The van der Waals surface area contributed by atoms with Crippen LogP contribution in [0.3, 0.4) is 0 Å². The standard InChI is InChI=1S/C15H11N3O3/c19-15-14(16-9-10-4-2-1-3-5-10)12-8-11(18(20)21)6-7-13(12)17-15/h1-8H,9H2,(H,16,17,19). The Labute approximate surface area is 120 Å². The van der Waals surface area contributed by atoms with Gasteiger partial charge < -0.3 is 5.32 Å². The van der Waals surface area contributed by atoms with Crippen molar-refractivity contribution in [2.75, 3.05) is 5.32 Å². The summed E-state index contributed by atoms with van der Waals surface area (Å²) in [6, 6.07) is 13.8. The molecule has 1 N–H and O–H groups in total. The van der Waals surface area contributed by atoms with Crippen molar-refractivity contribution >= 4 is 23.0 Å². The second kappa shape index (κ2) is 5.16. The molecule has 2 aromatic carbocycles. The zero-order chi connectivity index (χ0) is 14.8. The molecule has 0 saturated heterocycles. The highest BCUT2D eigenvalue weighted by molar-refractivity contribution is 6.53. The van der Waals surface area contributed by atoms with Crippen LogP contribution in [0, 0.1) is 10.1 Å². The summed E-state index contributed by atoms with van der Waals surface area (Å²) in [7, 11) is 0. The van der Waals surface area contributed by atoms with Crippen LogP contribution in [0.2, 0.25) is 0 Å². The number of hydrogen-bond acceptors (Lipinski definition) is 4. The molecular formula is C15H11N3O3. The molecule has 1 heterocycles. The molecule has 0 spiro atoms. The van der Waals surface area contributed by atoms with Crippen LogP contribution in [0.25, 0.3) is 0 Å². The van der Waals surface area contributed by atoms with Crippen molar-refractivity contribution in [2.45, 2.75) is 6.54 Å². The van der Waals surface area contributed by atoms with Gasteiger partial charge in [0.15, 0.2) is 0 Å². The van der Waals surface area contributed by atoms with Crippen LogP contribution >= 0.6 is 0 Å². The number of nitrogens with zero attached hydrogens (tertiary/aromatic N) is 2. The Hall–Kier alpha value is -3.02. The van der Waals surface area contributed by atoms with Gasteiger partial charge in [-0.25, -0.2) is 0 Å². The lowest BCUT2D eigenvalue weighted by atomic mass is 10.1. The maximum atomic E-state index is 11.9. The number of anilines is 1. The minimum absolute atomic E-state index is 0.0577. The second-order valence-electron chi connectivity index (χ2n) is 4.59. The molecule has 2 aromatic rings. The largest absolute Gasteiger partial charge is 0.320 e. The lowest BCUT2D eigenvalue weighted by Gasteiger charge is -1.99. The molecule has 6 nitrogen and oxygen atoms in total. The van der Waals surface area contributed by atoms with E-state index < -0.39 is 4.92 Å². The van der Waals surface area contributed by atoms with E-state index in [1.807, 2.05) is 30.3 Å². The number of nitro benzene ring substituents is 1. The van der Waals surface area contributed by atoms with Gasteiger partial charge in [0.25, 0.3) is 11.6 Å². The van der Waals surface area contributed by atoms with E-state index in [4.69, 9.17) is 0 Å². The van der Waals surface area contributed by atoms with Crippen LogP contribution in [0.5, 0.6) is 0 Å². The fourth-order valence-corrected chi connectivity index (χ4v) is 2.17. The average Bonchev–Trinajstić information content (AvgIpc) is 2.80. The summed E-state index contributed by atoms with van der Waals surface area (Å²) in [4.78, 5) is 26.6. The van der Waals surface area contributed by atoms with Gasteiger partial charge in [0, 0.05) is 17.7 Å². The zero-order valence-electron chi connectivity index (χ0n) is 10.9. The third-order valence-corrected chi connectivity index (χ3v) is 3.19. The van der Waals surface area contributed by atoms with Crippen LogP contribution in [-0.4, -0.2) is 16.5 Å². The van der Waals surface area contributed by atoms with Crippen LogP contribution in [0.15, 0.2) is 53.5 Å². The molecule has 3 rings (SSSR count). The van der Waals surface area contributed by atoms with E-state index >= 15 is 0 Å². The third-order valence-electron chi connectivity index (χ3n) is 3.19. The first-order valence-corrected chi connectivity index (χ1v) is 6.33. The highest BCUT2D eigenvalue weighted by Crippen LogP contribution is 2.27. The number of aliphatic imine (C=N–C) groups is 1. The summed E-state index contributed by atoms with van der Waals surface area (Å²) in [6.07, 6.45) is 0. The highest BCUT2D eigenvalue weighted by atomic mass is 16.6. The Kier molecular flexibility index (Phi) is 3.19. The van der Waals surface area contributed by atoms with Crippen LogP contribution in [0.1, 0.15) is 11.1 Å². The van der Waals surface area contributed by atoms with Crippen molar-refractivity contribution in [3.05, 3.63) is 69.8 Å². The highest BCUT2D eigenvalue weighted by Gasteiger charge is 2.27. The van der Waals surface area contributed by atoms with E-state index in [2.05, 4.69) is 10.3 Å². The lowest BCUT2D eigenvalue weighted by Crippen LogP contribution is -2.14. The molecule has 0 bridgehead atoms. The normalized spacial score (nSPS) is 14.9. The van der Waals surface area contributed by atoms with Gasteiger partial charge >= 0.3 is 0 Å². The van der Waals surface area contributed by atoms with E-state index in [0.29, 0.717) is 17.8 Å². The topological polar surface area (TPSA) is 84.6 Å². The monoisotopic (exact) mass is 281 g/mol. The fourth-order valence-electron chi connectivity index (χ4n) is 2.17. The number of amides is 1. The van der Waals surface area contributed by atoms with Crippen LogP contribution in [0.4, 0.5) is 11.4 Å². The van der Waals surface area contributed by atoms with E-state index in [1.54, 1.807) is 0 Å². The minimum atomic E-state index is -0.488. The summed E-state index contributed by atoms with van der Waals surface area (Å²) in [5.41, 5.74) is 2.18. The molecule has 0 aliphatic carbocycles. The molecule has 6 heteroatoms. The van der Waals surface area contributed by atoms with Crippen molar-refractivity contribution in [1.82, 2.24) is 0 Å². The molecule has 0 unspecified atom stereocenters. The Balaban J connectivity index is 1.96. The van der Waals surface area contributed by atoms with Gasteiger partial charge in [0.1, 0.15) is 5.71 Å². The number of carbonyl (C=O) groups excluding carboxylic acids is 1. The van der Waals surface area contributed by atoms with Gasteiger partial charge in [-0.15, -0.1) is 0 Å². The molecule has 1 aliphatic heterocycles. The Bertz CT molecular complexity index is 754. The molecular weight excluding hydrogens is 270 g/mol. The van der Waals surface area contributed by atoms with Crippen molar-refractivity contribution < 1.29 is 9.72 Å². The number of hydrogen-bond donors (Lipinski definition) is 1. The predicted octanol–water partition coefficient (Wildman–Crippen LogP) is 2.54. The van der Waals surface area contributed by atoms with Gasteiger partial charge in [-0.3, -0.25) is 19.9 Å². The summed E-state index contributed by atoms with van der Waals surface area (Å²) < 4.78 is 0. The smallest absolute Gasteiger partial charge is 0.274 e. The number of nitrogens with one attached hydrogen (secondary N) is 1. The number of benzene rings is 2. The van der Waals surface area contributed by atoms with Gasteiger partial charge in [-0.2, -0.15) is 0 Å². The third kappa shape index (κ3) is 2.51. The number of non-ortho nitro benzene ring substituents is 1. The molecule has 1 aliphatic rings. The van der Waals surface area contributed by atoms with Crippen LogP contribution < -0.4 is 5.32 Å². The number of fused-ring (bicyclic) bond motifs is 1. The predicted molar refractivity (Wildman–Crippen MR) is 78.4 cm³/mol. The molecule has 0 atom stereocenters. The maximum Gasteiger partial charge on any atom is 0.274 e. The Morgan fingerprint density at radius 1 is 1.14 bits per heavy atom. The van der Waals surface area contributed by atoms with Gasteiger partial charge in [0.05, 0.1) is 17.2 Å². The maximum absolute atomic E-state index is 11.9. The number of nitro groups is 1. The molecule has 21 heavy (non-hydrogen) atoms. The summed E-state index contributed by atoms with van der Waals surface area (Å²) >= 11 is 0. The molecule has 0 aromatic heterocycles. The second-order valence-corrected chi connectivity index (χ2v) is 4.59. The first-order chi connectivity index (χ1) is 10.1. The molecule has 104 valence electrons. The summed E-state index contributed by atoms with van der Waals surface area (Å²) in [6.45, 7) is 0.353. The van der Waals surface area contributed by atoms with Gasteiger partial charge in [-0.1, -0.05) is 30.3 Å². The minimum Gasteiger partial charge on any atom is -0.320 e. The van der Waals surface area contributed by atoms with E-state index in [-0.39, 0.29) is 17.3 Å². The van der Waals surface area contributed by atoms with Crippen molar-refractivity contribution in [1.29, 1.82) is 0 Å². The molecule has 0 fully saturated rings. The SMILES string of the molecule is O=C1Nc2ccc([N+](=O)[O-])cc2C1=NCc1ccccc1. The van der Waals surface area contributed by atoms with E-state index in [9.17, 15) is 14.9 Å². The van der Waals surface area contributed by atoms with Crippen molar-refractivity contribution in [3.8, 4) is 0 Å². The first-order valence-electron chi connectivity index (χ1n) is 6.33. The van der Waals surface area contributed by atoms with Gasteiger partial charge in [-0.05, 0) is 11.6 Å². The summed E-state index contributed by atoms with van der Waals surface area (Å²) in [5.74, 6) is -0.332. The van der Waals surface area contributed by atoms with Gasteiger partial charge in [0.2, 0.25) is 0 Å². The van der Waals surface area contributed by atoms with Crippen molar-refractivity contribution in [2.24, 2.45) is 4.99 Å². The van der Waals surface area contributed by atoms with Crippen LogP contribution in [-0.2, 0) is 11.3 Å². The lowest BCUT2D eigenvalue weighted by molar-refractivity contribution is -0.384. The fraction of sp³-hybridized carbons (Fsp3) is 0.0667. The number of carbonyl (C=O) groups is 1. The Morgan fingerprint density at radius 2 is 1.90 bits per heavy atom. The zero-order valence-corrected chi connectivity index (χ0v) is 10.9. The quantitative estimate of drug-likeness (QED) is 0.693.